The number of carbonyl (C=O) groups is 2. The molecule has 4 N–H and O–H groups in total. The highest BCUT2D eigenvalue weighted by molar-refractivity contribution is 7.19. The fourth-order valence-electron chi connectivity index (χ4n) is 2.35. The van der Waals surface area contributed by atoms with Crippen molar-refractivity contribution in [2.24, 2.45) is 5.92 Å². The summed E-state index contributed by atoms with van der Waals surface area (Å²) in [6.45, 7) is 0. The third kappa shape index (κ3) is 2.28. The van der Waals surface area contributed by atoms with Gasteiger partial charge in [0.25, 0.3) is 5.91 Å². The van der Waals surface area contributed by atoms with Gasteiger partial charge >= 0.3 is 0 Å². The number of nitrogens with one attached hydrogen (secondary N) is 2. The van der Waals surface area contributed by atoms with E-state index in [0.29, 0.717) is 22.2 Å². The first-order valence-electron chi connectivity index (χ1n) is 7.07. The first-order chi connectivity index (χ1) is 9.61. The summed E-state index contributed by atoms with van der Waals surface area (Å²) in [6, 6.07) is 0.403. The van der Waals surface area contributed by atoms with Crippen LogP contribution >= 0.6 is 11.3 Å². The molecule has 0 bridgehead atoms. The smallest absolute Gasteiger partial charge is 0.256 e. The molecule has 0 atom stereocenters. The average molecular weight is 293 g/mol. The van der Waals surface area contributed by atoms with E-state index in [-0.39, 0.29) is 17.6 Å². The third-order valence-electron chi connectivity index (χ3n) is 4.01. The Hall–Kier alpha value is -1.56. The summed E-state index contributed by atoms with van der Waals surface area (Å²) in [5, 5.41) is 6.71. The molecule has 6 heteroatoms. The Kier molecular flexibility index (Phi) is 3.41. The van der Waals surface area contributed by atoms with Crippen LogP contribution in [-0.2, 0) is 0 Å². The normalized spacial score (nSPS) is 18.4. The molecule has 1 heterocycles. The lowest BCUT2D eigenvalue weighted by Crippen LogP contribution is -2.28. The first-order valence-corrected chi connectivity index (χ1v) is 7.88. The van der Waals surface area contributed by atoms with Crippen LogP contribution in [0, 0.1) is 5.92 Å². The van der Waals surface area contributed by atoms with Crippen LogP contribution in [0.5, 0.6) is 0 Å². The van der Waals surface area contributed by atoms with E-state index in [2.05, 4.69) is 10.6 Å². The van der Waals surface area contributed by atoms with Gasteiger partial charge in [-0.3, -0.25) is 9.59 Å². The number of amides is 1. The van der Waals surface area contributed by atoms with Crippen molar-refractivity contribution in [3.63, 3.8) is 0 Å². The van der Waals surface area contributed by atoms with Gasteiger partial charge in [0.05, 0.1) is 16.1 Å². The molecular formula is C14H19N3O2S. The second-order valence-electron chi connectivity index (χ2n) is 5.54. The standard InChI is InChI=1S/C14H19N3O2S/c1-16-13(19)9-10(15)12(11(18)7-5-6-7)20-14(9)17-8-3-2-4-8/h7-8,17H,2-6,15H2,1H3,(H,16,19). The van der Waals surface area contributed by atoms with Crippen molar-refractivity contribution in [1.82, 2.24) is 5.32 Å². The first kappa shape index (κ1) is 13.4. The fourth-order valence-corrected chi connectivity index (χ4v) is 3.56. The molecule has 5 nitrogen and oxygen atoms in total. The monoisotopic (exact) mass is 293 g/mol. The molecular weight excluding hydrogens is 274 g/mol. The SMILES string of the molecule is CNC(=O)c1c(NC2CCC2)sc(C(=O)C2CC2)c1N. The maximum Gasteiger partial charge on any atom is 0.256 e. The van der Waals surface area contributed by atoms with Gasteiger partial charge in [-0.2, -0.15) is 0 Å². The quantitative estimate of drug-likeness (QED) is 0.727. The van der Waals surface area contributed by atoms with Crippen molar-refractivity contribution in [2.45, 2.75) is 38.1 Å². The van der Waals surface area contributed by atoms with Crippen LogP contribution < -0.4 is 16.4 Å². The summed E-state index contributed by atoms with van der Waals surface area (Å²) in [5.74, 6) is -0.0141. The summed E-state index contributed by atoms with van der Waals surface area (Å²) in [4.78, 5) is 24.8. The topological polar surface area (TPSA) is 84.2 Å². The zero-order valence-electron chi connectivity index (χ0n) is 11.5. The molecule has 0 aliphatic heterocycles. The van der Waals surface area contributed by atoms with Crippen LogP contribution in [0.1, 0.15) is 52.1 Å². The number of nitrogen functional groups attached to an aromatic ring is 1. The van der Waals surface area contributed by atoms with E-state index in [1.807, 2.05) is 0 Å². The second-order valence-corrected chi connectivity index (χ2v) is 6.56. The Bertz CT molecular complexity index is 559. The van der Waals surface area contributed by atoms with Crippen molar-refractivity contribution in [1.29, 1.82) is 0 Å². The molecule has 2 aliphatic rings. The maximum atomic E-state index is 12.2. The predicted molar refractivity (Wildman–Crippen MR) is 80.4 cm³/mol. The van der Waals surface area contributed by atoms with Gasteiger partial charge in [-0.05, 0) is 32.1 Å². The van der Waals surface area contributed by atoms with Gasteiger partial charge in [0.2, 0.25) is 0 Å². The number of nitrogens with two attached hydrogens (primary N) is 1. The Morgan fingerprint density at radius 2 is 1.95 bits per heavy atom. The molecule has 1 amide bonds. The Morgan fingerprint density at radius 3 is 2.45 bits per heavy atom. The summed E-state index contributed by atoms with van der Waals surface area (Å²) >= 11 is 1.34. The lowest BCUT2D eigenvalue weighted by Gasteiger charge is -2.27. The van der Waals surface area contributed by atoms with Crippen molar-refractivity contribution >= 4 is 33.7 Å². The van der Waals surface area contributed by atoms with E-state index >= 15 is 0 Å². The summed E-state index contributed by atoms with van der Waals surface area (Å²) in [5.41, 5.74) is 6.85. The third-order valence-corrected chi connectivity index (χ3v) is 5.16. The highest BCUT2D eigenvalue weighted by Crippen LogP contribution is 2.42. The number of anilines is 2. The van der Waals surface area contributed by atoms with E-state index in [4.69, 9.17) is 5.73 Å². The van der Waals surface area contributed by atoms with Crippen LogP contribution in [0.2, 0.25) is 0 Å². The second kappa shape index (κ2) is 5.09. The molecule has 2 fully saturated rings. The lowest BCUT2D eigenvalue weighted by atomic mass is 9.93. The molecule has 0 aromatic carbocycles. The van der Waals surface area contributed by atoms with E-state index in [1.54, 1.807) is 7.05 Å². The number of carbonyl (C=O) groups excluding carboxylic acids is 2. The number of hydrogen-bond donors (Lipinski definition) is 3. The zero-order chi connectivity index (χ0) is 14.3. The number of ketones is 1. The van der Waals surface area contributed by atoms with E-state index in [9.17, 15) is 9.59 Å². The van der Waals surface area contributed by atoms with Gasteiger partial charge in [-0.25, -0.2) is 0 Å². The molecule has 1 aromatic heterocycles. The van der Waals surface area contributed by atoms with Crippen LogP contribution in [0.3, 0.4) is 0 Å². The van der Waals surface area contributed by atoms with Gasteiger partial charge in [0.1, 0.15) is 5.00 Å². The minimum absolute atomic E-state index is 0.0966. The zero-order valence-corrected chi connectivity index (χ0v) is 12.3. The molecule has 2 saturated carbocycles. The molecule has 0 saturated heterocycles. The van der Waals surface area contributed by atoms with Gasteiger partial charge in [0, 0.05) is 19.0 Å². The van der Waals surface area contributed by atoms with Gasteiger partial charge in [-0.15, -0.1) is 11.3 Å². The van der Waals surface area contributed by atoms with Crippen LogP contribution in [0.4, 0.5) is 10.7 Å². The number of rotatable bonds is 5. The van der Waals surface area contributed by atoms with Crippen molar-refractivity contribution in [3.8, 4) is 0 Å². The number of thiophene rings is 1. The molecule has 1 aromatic rings. The lowest BCUT2D eigenvalue weighted by molar-refractivity contribution is 0.0964. The van der Waals surface area contributed by atoms with E-state index in [0.717, 1.165) is 30.7 Å². The minimum atomic E-state index is -0.226. The van der Waals surface area contributed by atoms with E-state index in [1.165, 1.54) is 17.8 Å². The van der Waals surface area contributed by atoms with Gasteiger partial charge in [0.15, 0.2) is 5.78 Å². The van der Waals surface area contributed by atoms with Gasteiger partial charge in [-0.1, -0.05) is 0 Å². The molecule has 20 heavy (non-hydrogen) atoms. The molecule has 0 radical (unpaired) electrons. The Morgan fingerprint density at radius 1 is 1.25 bits per heavy atom. The Labute approximate surface area is 121 Å². The van der Waals surface area contributed by atoms with Crippen molar-refractivity contribution in [2.75, 3.05) is 18.1 Å². The molecule has 3 rings (SSSR count). The maximum absolute atomic E-state index is 12.2. The molecule has 108 valence electrons. The van der Waals surface area contributed by atoms with Crippen molar-refractivity contribution < 1.29 is 9.59 Å². The van der Waals surface area contributed by atoms with Gasteiger partial charge < -0.3 is 16.4 Å². The number of hydrogen-bond acceptors (Lipinski definition) is 5. The number of Topliss-reactive ketones (excluding diaryl/α,β-unsaturated/α-hetero) is 1. The van der Waals surface area contributed by atoms with Crippen molar-refractivity contribution in [3.05, 3.63) is 10.4 Å². The highest BCUT2D eigenvalue weighted by atomic mass is 32.1. The molecule has 2 aliphatic carbocycles. The highest BCUT2D eigenvalue weighted by Gasteiger charge is 2.35. The predicted octanol–water partition coefficient (Wildman–Crippen LogP) is 2.25. The average Bonchev–Trinajstić information content (AvgIpc) is 3.17. The van der Waals surface area contributed by atoms with E-state index < -0.39 is 0 Å². The summed E-state index contributed by atoms with van der Waals surface area (Å²) in [7, 11) is 1.58. The van der Waals surface area contributed by atoms with Crippen LogP contribution in [-0.4, -0.2) is 24.8 Å². The minimum Gasteiger partial charge on any atom is -0.397 e. The summed E-state index contributed by atoms with van der Waals surface area (Å²) < 4.78 is 0. The largest absolute Gasteiger partial charge is 0.397 e. The van der Waals surface area contributed by atoms with Crippen LogP contribution in [0.25, 0.3) is 0 Å². The van der Waals surface area contributed by atoms with Crippen LogP contribution in [0.15, 0.2) is 0 Å². The molecule has 0 unspecified atom stereocenters. The summed E-state index contributed by atoms with van der Waals surface area (Å²) in [6.07, 6.45) is 5.31. The Balaban J connectivity index is 1.94. The molecule has 0 spiro atoms. The fraction of sp³-hybridized carbons (Fsp3) is 0.571.